The fraction of sp³-hybridized carbons (Fsp3) is 0.417. The number of hydroxylamine groups is 1. The van der Waals surface area contributed by atoms with Crippen molar-refractivity contribution in [1.29, 1.82) is 0 Å². The lowest BCUT2D eigenvalue weighted by molar-refractivity contribution is 0.0504. The zero-order valence-corrected chi connectivity index (χ0v) is 9.62. The van der Waals surface area contributed by atoms with E-state index < -0.39 is 0 Å². The van der Waals surface area contributed by atoms with Gasteiger partial charge in [0, 0.05) is 6.54 Å². The highest BCUT2D eigenvalue weighted by Gasteiger charge is 2.10. The fourth-order valence-electron chi connectivity index (χ4n) is 1.43. The molecule has 0 aromatic heterocycles. The van der Waals surface area contributed by atoms with Crippen molar-refractivity contribution in [2.75, 3.05) is 6.61 Å². The minimum Gasteiger partial charge on any atom is -0.462 e. The third-order valence-electron chi connectivity index (χ3n) is 2.23. The van der Waals surface area contributed by atoms with Gasteiger partial charge in [0.1, 0.15) is 0 Å². The molecule has 0 fully saturated rings. The maximum absolute atomic E-state index is 11.6. The first-order chi connectivity index (χ1) is 7.69. The highest BCUT2D eigenvalue weighted by atomic mass is 16.5. The molecule has 0 spiro atoms. The van der Waals surface area contributed by atoms with Crippen LogP contribution in [0.3, 0.4) is 0 Å². The topological polar surface area (TPSA) is 58.6 Å². The van der Waals surface area contributed by atoms with E-state index >= 15 is 0 Å². The monoisotopic (exact) mass is 223 g/mol. The van der Waals surface area contributed by atoms with Gasteiger partial charge in [-0.25, -0.2) is 10.3 Å². The zero-order valence-electron chi connectivity index (χ0n) is 9.62. The van der Waals surface area contributed by atoms with Crippen molar-refractivity contribution >= 4 is 5.97 Å². The van der Waals surface area contributed by atoms with E-state index in [9.17, 15) is 4.79 Å². The first kappa shape index (κ1) is 12.7. The van der Waals surface area contributed by atoms with Crippen molar-refractivity contribution in [2.45, 2.75) is 26.8 Å². The molecule has 0 aliphatic carbocycles. The number of benzene rings is 1. The van der Waals surface area contributed by atoms with E-state index in [0.717, 1.165) is 17.5 Å². The summed E-state index contributed by atoms with van der Waals surface area (Å²) < 4.78 is 5.05. The average molecular weight is 223 g/mol. The summed E-state index contributed by atoms with van der Waals surface area (Å²) in [5.74, 6) is -0.289. The second kappa shape index (κ2) is 6.25. The molecule has 0 radical (unpaired) electrons. The van der Waals surface area contributed by atoms with E-state index in [0.29, 0.717) is 18.7 Å². The lowest BCUT2D eigenvalue weighted by Crippen LogP contribution is -2.10. The van der Waals surface area contributed by atoms with Gasteiger partial charge in [0.05, 0.1) is 12.2 Å². The number of ether oxygens (including phenoxy) is 1. The summed E-state index contributed by atoms with van der Waals surface area (Å²) in [4.78, 5) is 11.6. The van der Waals surface area contributed by atoms with E-state index in [2.05, 4.69) is 5.48 Å². The number of rotatable bonds is 5. The lowest BCUT2D eigenvalue weighted by Gasteiger charge is -2.08. The van der Waals surface area contributed by atoms with Crippen LogP contribution in [0.5, 0.6) is 0 Å². The minimum atomic E-state index is -0.289. The van der Waals surface area contributed by atoms with E-state index in [1.54, 1.807) is 12.1 Å². The molecule has 2 N–H and O–H groups in total. The van der Waals surface area contributed by atoms with Crippen LogP contribution < -0.4 is 5.48 Å². The number of hydrogen-bond acceptors (Lipinski definition) is 4. The van der Waals surface area contributed by atoms with Crippen LogP contribution in [0.2, 0.25) is 0 Å². The van der Waals surface area contributed by atoms with Gasteiger partial charge in [-0.3, -0.25) is 0 Å². The molecule has 0 atom stereocenters. The number of esters is 1. The van der Waals surface area contributed by atoms with Crippen molar-refractivity contribution in [3.8, 4) is 0 Å². The van der Waals surface area contributed by atoms with Crippen LogP contribution in [-0.4, -0.2) is 17.8 Å². The molecule has 16 heavy (non-hydrogen) atoms. The molecule has 0 heterocycles. The van der Waals surface area contributed by atoms with Crippen LogP contribution in [0.4, 0.5) is 0 Å². The normalized spacial score (nSPS) is 10.2. The van der Waals surface area contributed by atoms with Gasteiger partial charge in [0.2, 0.25) is 0 Å². The molecule has 0 aliphatic rings. The van der Waals surface area contributed by atoms with Crippen LogP contribution in [0, 0.1) is 6.92 Å². The Hall–Kier alpha value is -1.39. The summed E-state index contributed by atoms with van der Waals surface area (Å²) in [5, 5.41) is 8.56. The van der Waals surface area contributed by atoms with Gasteiger partial charge in [-0.15, -0.1) is 0 Å². The van der Waals surface area contributed by atoms with Crippen molar-refractivity contribution < 1.29 is 14.7 Å². The Kier molecular flexibility index (Phi) is 4.95. The average Bonchev–Trinajstić information content (AvgIpc) is 2.26. The Morgan fingerprint density at radius 2 is 2.25 bits per heavy atom. The molecule has 0 aliphatic heterocycles. The molecule has 0 saturated carbocycles. The second-order valence-corrected chi connectivity index (χ2v) is 3.62. The molecular formula is C12H17NO3. The van der Waals surface area contributed by atoms with E-state index in [4.69, 9.17) is 9.94 Å². The molecule has 0 bridgehead atoms. The van der Waals surface area contributed by atoms with Gasteiger partial charge in [0.25, 0.3) is 0 Å². The largest absolute Gasteiger partial charge is 0.462 e. The van der Waals surface area contributed by atoms with Gasteiger partial charge in [0.15, 0.2) is 0 Å². The van der Waals surface area contributed by atoms with Crippen LogP contribution in [-0.2, 0) is 11.3 Å². The van der Waals surface area contributed by atoms with Gasteiger partial charge >= 0.3 is 5.97 Å². The highest BCUT2D eigenvalue weighted by molar-refractivity contribution is 5.91. The molecule has 0 unspecified atom stereocenters. The van der Waals surface area contributed by atoms with Crippen LogP contribution in [0.1, 0.15) is 34.8 Å². The number of carbonyl (C=O) groups is 1. The predicted molar refractivity (Wildman–Crippen MR) is 60.4 cm³/mol. The molecule has 1 rings (SSSR count). The Morgan fingerprint density at radius 3 is 2.81 bits per heavy atom. The second-order valence-electron chi connectivity index (χ2n) is 3.62. The molecule has 1 aromatic rings. The Labute approximate surface area is 95.2 Å². The van der Waals surface area contributed by atoms with Crippen molar-refractivity contribution in [1.82, 2.24) is 5.48 Å². The van der Waals surface area contributed by atoms with Gasteiger partial charge in [-0.2, -0.15) is 0 Å². The van der Waals surface area contributed by atoms with Crippen LogP contribution >= 0.6 is 0 Å². The van der Waals surface area contributed by atoms with Crippen molar-refractivity contribution in [3.05, 3.63) is 34.9 Å². The Morgan fingerprint density at radius 1 is 1.50 bits per heavy atom. The summed E-state index contributed by atoms with van der Waals surface area (Å²) in [6.45, 7) is 4.61. The van der Waals surface area contributed by atoms with E-state index in [1.807, 2.05) is 19.9 Å². The molecule has 88 valence electrons. The summed E-state index contributed by atoms with van der Waals surface area (Å²) >= 11 is 0. The maximum atomic E-state index is 11.6. The van der Waals surface area contributed by atoms with Crippen molar-refractivity contribution in [3.63, 3.8) is 0 Å². The van der Waals surface area contributed by atoms with Gasteiger partial charge < -0.3 is 9.94 Å². The molecule has 0 saturated heterocycles. The number of hydrogen-bond donors (Lipinski definition) is 2. The third-order valence-corrected chi connectivity index (χ3v) is 2.23. The van der Waals surface area contributed by atoms with Crippen LogP contribution in [0.25, 0.3) is 0 Å². The van der Waals surface area contributed by atoms with E-state index in [1.165, 1.54) is 0 Å². The lowest BCUT2D eigenvalue weighted by atomic mass is 10.1. The van der Waals surface area contributed by atoms with Gasteiger partial charge in [-0.1, -0.05) is 19.1 Å². The molecule has 1 aromatic carbocycles. The van der Waals surface area contributed by atoms with Crippen LogP contribution in [0.15, 0.2) is 18.2 Å². The first-order valence-corrected chi connectivity index (χ1v) is 5.32. The van der Waals surface area contributed by atoms with Crippen molar-refractivity contribution in [2.24, 2.45) is 0 Å². The zero-order chi connectivity index (χ0) is 12.0. The third kappa shape index (κ3) is 3.32. The predicted octanol–water partition coefficient (Wildman–Crippen LogP) is 2.04. The van der Waals surface area contributed by atoms with E-state index in [-0.39, 0.29) is 5.97 Å². The smallest absolute Gasteiger partial charge is 0.338 e. The molecule has 0 amide bonds. The maximum Gasteiger partial charge on any atom is 0.338 e. The summed E-state index contributed by atoms with van der Waals surface area (Å²) in [6.07, 6.45) is 0.817. The Bertz CT molecular complexity index is 363. The SMILES string of the molecule is CCCOC(=O)c1ccc(CNO)cc1C. The van der Waals surface area contributed by atoms with Gasteiger partial charge in [-0.05, 0) is 30.5 Å². The number of carbonyl (C=O) groups excluding carboxylic acids is 1. The molecule has 4 heteroatoms. The highest BCUT2D eigenvalue weighted by Crippen LogP contribution is 2.12. The number of nitrogens with one attached hydrogen (secondary N) is 1. The first-order valence-electron chi connectivity index (χ1n) is 5.32. The summed E-state index contributed by atoms with van der Waals surface area (Å²) in [5.41, 5.74) is 4.44. The molecule has 4 nitrogen and oxygen atoms in total. The Balaban J connectivity index is 2.77. The quantitative estimate of drug-likeness (QED) is 0.592. The summed E-state index contributed by atoms with van der Waals surface area (Å²) in [7, 11) is 0. The standard InChI is InChI=1S/C12H17NO3/c1-3-6-16-12(14)11-5-4-10(8-13-15)7-9(11)2/h4-5,7,13,15H,3,6,8H2,1-2H3. The molecular weight excluding hydrogens is 206 g/mol. The summed E-state index contributed by atoms with van der Waals surface area (Å²) in [6, 6.07) is 5.37. The number of aryl methyl sites for hydroxylation is 1. The fourth-order valence-corrected chi connectivity index (χ4v) is 1.43. The minimum absolute atomic E-state index is 0.289.